The standard InChI is InChI=1S/C12H9N3O4S/c1-18-11(17)8-4-9-6(13-8)2-5(19-9)3-7-10(16)15-12(20)14-7/h2-4,16H,1H3,(H2,14,15,20)/b5-3+. The first kappa shape index (κ1) is 12.4. The molecule has 0 saturated heterocycles. The van der Waals surface area contributed by atoms with E-state index in [1.54, 1.807) is 12.1 Å². The highest BCUT2D eigenvalue weighted by molar-refractivity contribution is 7.71. The van der Waals surface area contributed by atoms with Gasteiger partial charge in [0.05, 0.1) is 7.11 Å². The summed E-state index contributed by atoms with van der Waals surface area (Å²) < 4.78 is 10.4. The number of H-pyrrole nitrogens is 2. The first-order chi connectivity index (χ1) is 9.56. The molecule has 0 unspecified atom stereocenters. The van der Waals surface area contributed by atoms with Crippen molar-refractivity contribution < 1.29 is 19.1 Å². The number of aromatic hydroxyl groups is 1. The fourth-order valence-corrected chi connectivity index (χ4v) is 2.01. The summed E-state index contributed by atoms with van der Waals surface area (Å²) in [4.78, 5) is 20.7. The topological polar surface area (TPSA) is 104 Å². The molecule has 20 heavy (non-hydrogen) atoms. The maximum absolute atomic E-state index is 11.3. The van der Waals surface area contributed by atoms with Gasteiger partial charge in [-0.3, -0.25) is 0 Å². The van der Waals surface area contributed by atoms with E-state index in [2.05, 4.69) is 19.7 Å². The molecule has 7 nitrogen and oxygen atoms in total. The molecule has 0 spiro atoms. The van der Waals surface area contributed by atoms with E-state index in [1.165, 1.54) is 13.2 Å². The highest BCUT2D eigenvalue weighted by Gasteiger charge is 2.17. The third-order valence-corrected chi connectivity index (χ3v) is 2.89. The molecule has 0 saturated carbocycles. The number of aromatic nitrogens is 2. The first-order valence-electron chi connectivity index (χ1n) is 5.58. The van der Waals surface area contributed by atoms with Gasteiger partial charge < -0.3 is 24.2 Å². The molecule has 1 aliphatic rings. The Balaban J connectivity index is 2.01. The van der Waals surface area contributed by atoms with Gasteiger partial charge in [0, 0.05) is 18.2 Å². The van der Waals surface area contributed by atoms with E-state index in [0.717, 1.165) is 0 Å². The Kier molecular flexibility index (Phi) is 2.79. The molecule has 3 N–H and O–H groups in total. The molecule has 2 aromatic rings. The predicted octanol–water partition coefficient (Wildman–Crippen LogP) is 0.239. The van der Waals surface area contributed by atoms with E-state index < -0.39 is 5.97 Å². The third-order valence-electron chi connectivity index (χ3n) is 2.68. The number of ether oxygens (including phenoxy) is 1. The maximum Gasteiger partial charge on any atom is 0.356 e. The number of imidazole rings is 1. The van der Waals surface area contributed by atoms with Crippen molar-refractivity contribution in [3.8, 4) is 5.88 Å². The lowest BCUT2D eigenvalue weighted by atomic mass is 10.4. The van der Waals surface area contributed by atoms with Crippen molar-refractivity contribution in [1.29, 1.82) is 0 Å². The number of nitrogens with zero attached hydrogens (tertiary/aromatic N) is 1. The molecule has 2 aromatic heterocycles. The van der Waals surface area contributed by atoms with E-state index in [1.807, 2.05) is 0 Å². The molecule has 0 radical (unpaired) electrons. The van der Waals surface area contributed by atoms with Crippen molar-refractivity contribution in [3.05, 3.63) is 27.4 Å². The molecule has 0 fully saturated rings. The second-order valence-electron chi connectivity index (χ2n) is 4.02. The number of fused-ring (bicyclic) bond motifs is 1. The Hall–Kier alpha value is -2.61. The van der Waals surface area contributed by atoms with E-state index >= 15 is 0 Å². The van der Waals surface area contributed by atoms with Crippen molar-refractivity contribution in [2.45, 2.75) is 0 Å². The van der Waals surface area contributed by atoms with Gasteiger partial charge in [0.1, 0.15) is 16.8 Å². The summed E-state index contributed by atoms with van der Waals surface area (Å²) in [7, 11) is 1.29. The number of rotatable bonds is 2. The van der Waals surface area contributed by atoms with Crippen LogP contribution < -0.4 is 10.8 Å². The van der Waals surface area contributed by atoms with Crippen LogP contribution in [0.15, 0.2) is 15.5 Å². The van der Waals surface area contributed by atoms with E-state index in [9.17, 15) is 9.90 Å². The second kappa shape index (κ2) is 4.49. The molecule has 102 valence electrons. The average molecular weight is 291 g/mol. The Bertz CT molecular complexity index is 900. The van der Waals surface area contributed by atoms with Crippen LogP contribution in [0.3, 0.4) is 0 Å². The average Bonchev–Trinajstić information content (AvgIpc) is 3.02. The SMILES string of the molecule is COC(=O)C1=Nc2c/c(=C\c3[nH]c(=S)[nH]c3O)oc2=C1. The molecule has 8 heteroatoms. The third kappa shape index (κ3) is 2.05. The number of aliphatic imine (C=N–C) groups is 1. The van der Waals surface area contributed by atoms with Gasteiger partial charge in [0.2, 0.25) is 5.88 Å². The van der Waals surface area contributed by atoms with Crippen LogP contribution in [0.2, 0.25) is 0 Å². The molecule has 0 aliphatic carbocycles. The number of carbonyl (C=O) groups is 1. The van der Waals surface area contributed by atoms with Gasteiger partial charge in [-0.05, 0) is 12.2 Å². The van der Waals surface area contributed by atoms with Gasteiger partial charge in [-0.15, -0.1) is 0 Å². The number of methoxy groups -OCH3 is 1. The van der Waals surface area contributed by atoms with Crippen molar-refractivity contribution in [1.82, 2.24) is 9.97 Å². The van der Waals surface area contributed by atoms with Crippen molar-refractivity contribution in [3.63, 3.8) is 0 Å². The number of nitrogens with one attached hydrogen (secondary N) is 2. The summed E-state index contributed by atoms with van der Waals surface area (Å²) in [5.41, 5.74) is 2.06. The summed E-state index contributed by atoms with van der Waals surface area (Å²) in [5, 5.41) is 9.56. The zero-order valence-electron chi connectivity index (χ0n) is 10.3. The molecule has 3 rings (SSSR count). The smallest absolute Gasteiger partial charge is 0.356 e. The maximum atomic E-state index is 11.3. The molecular weight excluding hydrogens is 282 g/mol. The zero-order chi connectivity index (χ0) is 14.3. The quantitative estimate of drug-likeness (QED) is 0.543. The van der Waals surface area contributed by atoms with Gasteiger partial charge in [-0.25, -0.2) is 9.79 Å². The van der Waals surface area contributed by atoms with Crippen LogP contribution in [0.25, 0.3) is 12.2 Å². The highest BCUT2D eigenvalue weighted by atomic mass is 32.1. The Labute approximate surface area is 116 Å². The molecule has 1 aliphatic heterocycles. The normalized spacial score (nSPS) is 13.8. The summed E-state index contributed by atoms with van der Waals surface area (Å²) in [6.45, 7) is 0. The molecule has 0 bridgehead atoms. The number of hydrogen-bond acceptors (Lipinski definition) is 6. The fraction of sp³-hybridized carbons (Fsp3) is 0.0833. The van der Waals surface area contributed by atoms with Crippen molar-refractivity contribution in [2.24, 2.45) is 4.99 Å². The van der Waals surface area contributed by atoms with Gasteiger partial charge in [0.15, 0.2) is 15.9 Å². The minimum Gasteiger partial charge on any atom is -0.493 e. The second-order valence-corrected chi connectivity index (χ2v) is 4.43. The Morgan fingerprint density at radius 3 is 2.95 bits per heavy atom. The number of esters is 1. The molecule has 3 heterocycles. The number of hydrogen-bond donors (Lipinski definition) is 3. The van der Waals surface area contributed by atoms with Gasteiger partial charge in [0.25, 0.3) is 0 Å². The largest absolute Gasteiger partial charge is 0.493 e. The summed E-state index contributed by atoms with van der Waals surface area (Å²) in [5.74, 6) is -0.594. The van der Waals surface area contributed by atoms with Crippen molar-refractivity contribution in [2.75, 3.05) is 7.11 Å². The van der Waals surface area contributed by atoms with E-state index in [4.69, 9.17) is 16.6 Å². The molecule has 0 aromatic carbocycles. The molecule has 0 amide bonds. The van der Waals surface area contributed by atoms with Crippen LogP contribution >= 0.6 is 12.2 Å². The monoisotopic (exact) mass is 291 g/mol. The Morgan fingerprint density at radius 1 is 1.55 bits per heavy atom. The predicted molar refractivity (Wildman–Crippen MR) is 72.7 cm³/mol. The summed E-state index contributed by atoms with van der Waals surface area (Å²) >= 11 is 4.86. The summed E-state index contributed by atoms with van der Waals surface area (Å²) in [6.07, 6.45) is 3.07. The molecule has 0 atom stereocenters. The van der Waals surface area contributed by atoms with Crippen molar-refractivity contribution >= 4 is 41.7 Å². The van der Waals surface area contributed by atoms with E-state index in [-0.39, 0.29) is 11.6 Å². The van der Waals surface area contributed by atoms with Crippen LogP contribution in [0.1, 0.15) is 5.69 Å². The number of aromatic amines is 2. The van der Waals surface area contributed by atoms with Crippen LogP contribution in [0.4, 0.5) is 5.69 Å². The number of carbonyl (C=O) groups excluding carboxylic acids is 1. The highest BCUT2D eigenvalue weighted by Crippen LogP contribution is 2.13. The van der Waals surface area contributed by atoms with Gasteiger partial charge >= 0.3 is 5.97 Å². The Morgan fingerprint density at radius 2 is 2.35 bits per heavy atom. The first-order valence-corrected chi connectivity index (χ1v) is 5.99. The van der Waals surface area contributed by atoms with Gasteiger partial charge in [-0.2, -0.15) is 0 Å². The number of furan rings is 1. The fourth-order valence-electron chi connectivity index (χ4n) is 1.81. The lowest BCUT2D eigenvalue weighted by Crippen LogP contribution is -2.12. The minimum absolute atomic E-state index is 0.0747. The summed E-state index contributed by atoms with van der Waals surface area (Å²) in [6, 6.07) is 1.64. The zero-order valence-corrected chi connectivity index (χ0v) is 11.1. The van der Waals surface area contributed by atoms with Crippen LogP contribution in [0, 0.1) is 4.77 Å². The van der Waals surface area contributed by atoms with Crippen LogP contribution in [-0.2, 0) is 9.53 Å². The lowest BCUT2D eigenvalue weighted by molar-refractivity contribution is -0.132. The van der Waals surface area contributed by atoms with Gasteiger partial charge in [-0.1, -0.05) is 0 Å². The molecular formula is C12H9N3O4S. The van der Waals surface area contributed by atoms with Crippen LogP contribution in [-0.4, -0.2) is 33.9 Å². The minimum atomic E-state index is -0.519. The lowest BCUT2D eigenvalue weighted by Gasteiger charge is -1.92. The van der Waals surface area contributed by atoms with E-state index in [0.29, 0.717) is 27.0 Å². The van der Waals surface area contributed by atoms with Crippen LogP contribution in [0.5, 0.6) is 5.88 Å².